The number of carbonyl (C=O) groups is 1. The summed E-state index contributed by atoms with van der Waals surface area (Å²) >= 11 is 3.32. The van der Waals surface area contributed by atoms with Crippen LogP contribution in [0.5, 0.6) is 0 Å². The van der Waals surface area contributed by atoms with Gasteiger partial charge in [-0.15, -0.1) is 0 Å². The van der Waals surface area contributed by atoms with Crippen molar-refractivity contribution < 1.29 is 9.53 Å². The van der Waals surface area contributed by atoms with E-state index in [-0.39, 0.29) is 24.1 Å². The quantitative estimate of drug-likeness (QED) is 0.612. The number of rotatable bonds is 5. The van der Waals surface area contributed by atoms with E-state index in [1.165, 1.54) is 10.5 Å². The second-order valence-electron chi connectivity index (χ2n) is 5.64. The Labute approximate surface area is 153 Å². The van der Waals surface area contributed by atoms with E-state index >= 15 is 0 Å². The van der Waals surface area contributed by atoms with Crippen LogP contribution in [0.3, 0.4) is 0 Å². The average Bonchev–Trinajstić information content (AvgIpc) is 2.62. The SMILES string of the molecule is CCC(C(=O)OCc1cc(=O)n2cc(Br)ccc2n1)c1ccccc1. The summed E-state index contributed by atoms with van der Waals surface area (Å²) in [4.78, 5) is 28.9. The molecule has 2 aromatic heterocycles. The molecule has 0 aliphatic carbocycles. The summed E-state index contributed by atoms with van der Waals surface area (Å²) in [6, 6.07) is 14.4. The van der Waals surface area contributed by atoms with Crippen LogP contribution in [0.4, 0.5) is 0 Å². The minimum atomic E-state index is -0.321. The van der Waals surface area contributed by atoms with Crippen molar-refractivity contribution in [1.82, 2.24) is 9.38 Å². The van der Waals surface area contributed by atoms with E-state index in [2.05, 4.69) is 20.9 Å². The molecule has 0 saturated carbocycles. The fourth-order valence-corrected chi connectivity index (χ4v) is 3.01. The molecular formula is C19H17BrN2O3. The van der Waals surface area contributed by atoms with Crippen molar-refractivity contribution in [2.75, 3.05) is 0 Å². The van der Waals surface area contributed by atoms with Gasteiger partial charge in [0.05, 0.1) is 11.6 Å². The molecule has 0 amide bonds. The first kappa shape index (κ1) is 17.4. The van der Waals surface area contributed by atoms with Crippen LogP contribution in [0.1, 0.15) is 30.5 Å². The standard InChI is InChI=1S/C19H17BrN2O3/c1-2-16(13-6-4-3-5-7-13)19(24)25-12-15-10-18(23)22-11-14(20)8-9-17(22)21-15/h3-11,16H,2,12H2,1H3. The molecule has 0 radical (unpaired) electrons. The lowest BCUT2D eigenvalue weighted by atomic mass is 9.97. The maximum Gasteiger partial charge on any atom is 0.313 e. The van der Waals surface area contributed by atoms with Gasteiger partial charge in [-0.2, -0.15) is 0 Å². The van der Waals surface area contributed by atoms with Gasteiger partial charge in [-0.25, -0.2) is 4.98 Å². The number of carbonyl (C=O) groups excluding carboxylic acids is 1. The van der Waals surface area contributed by atoms with Gasteiger partial charge >= 0.3 is 5.97 Å². The van der Waals surface area contributed by atoms with Crippen LogP contribution >= 0.6 is 15.9 Å². The number of benzene rings is 1. The number of ether oxygens (including phenoxy) is 1. The molecule has 0 aliphatic rings. The Hall–Kier alpha value is -2.47. The van der Waals surface area contributed by atoms with Crippen LogP contribution in [0.2, 0.25) is 0 Å². The minimum Gasteiger partial charge on any atom is -0.459 e. The van der Waals surface area contributed by atoms with Crippen molar-refractivity contribution in [2.24, 2.45) is 0 Å². The Morgan fingerprint density at radius 3 is 2.72 bits per heavy atom. The van der Waals surface area contributed by atoms with Crippen LogP contribution in [-0.4, -0.2) is 15.4 Å². The van der Waals surface area contributed by atoms with Gasteiger partial charge in [0.15, 0.2) is 0 Å². The highest BCUT2D eigenvalue weighted by Crippen LogP contribution is 2.21. The summed E-state index contributed by atoms with van der Waals surface area (Å²) in [6.45, 7) is 1.92. The summed E-state index contributed by atoms with van der Waals surface area (Å²) in [6.07, 6.45) is 2.30. The molecule has 1 unspecified atom stereocenters. The predicted octanol–water partition coefficient (Wildman–Crippen LogP) is 3.69. The van der Waals surface area contributed by atoms with Crippen molar-refractivity contribution >= 4 is 27.5 Å². The zero-order valence-electron chi connectivity index (χ0n) is 13.7. The van der Waals surface area contributed by atoms with Crippen molar-refractivity contribution in [3.8, 4) is 0 Å². The molecule has 0 fully saturated rings. The number of aromatic nitrogens is 2. The highest BCUT2D eigenvalue weighted by molar-refractivity contribution is 9.10. The molecule has 1 atom stereocenters. The maximum atomic E-state index is 12.4. The fraction of sp³-hybridized carbons (Fsp3) is 0.211. The monoisotopic (exact) mass is 400 g/mol. The molecule has 1 aromatic carbocycles. The second-order valence-corrected chi connectivity index (χ2v) is 6.56. The van der Waals surface area contributed by atoms with E-state index in [1.54, 1.807) is 18.3 Å². The first-order valence-corrected chi connectivity index (χ1v) is 8.77. The molecule has 25 heavy (non-hydrogen) atoms. The summed E-state index contributed by atoms with van der Waals surface area (Å²) in [5.74, 6) is -0.634. The molecule has 128 valence electrons. The van der Waals surface area contributed by atoms with E-state index < -0.39 is 0 Å². The third-order valence-corrected chi connectivity index (χ3v) is 4.40. The molecule has 0 spiro atoms. The zero-order chi connectivity index (χ0) is 17.8. The highest BCUT2D eigenvalue weighted by atomic mass is 79.9. The van der Waals surface area contributed by atoms with Gasteiger partial charge in [0.2, 0.25) is 0 Å². The van der Waals surface area contributed by atoms with Crippen LogP contribution < -0.4 is 5.56 Å². The molecule has 3 aromatic rings. The first-order valence-electron chi connectivity index (χ1n) is 7.98. The van der Waals surface area contributed by atoms with Crippen LogP contribution in [-0.2, 0) is 16.1 Å². The number of hydrogen-bond donors (Lipinski definition) is 0. The number of esters is 1. The molecule has 0 saturated heterocycles. The summed E-state index contributed by atoms with van der Waals surface area (Å²) < 4.78 is 7.63. The van der Waals surface area contributed by atoms with Gasteiger partial charge in [0.25, 0.3) is 5.56 Å². The van der Waals surface area contributed by atoms with Gasteiger partial charge in [0, 0.05) is 16.7 Å². The van der Waals surface area contributed by atoms with Gasteiger partial charge in [0.1, 0.15) is 12.3 Å². The van der Waals surface area contributed by atoms with Crippen molar-refractivity contribution in [2.45, 2.75) is 25.9 Å². The molecule has 0 N–H and O–H groups in total. The van der Waals surface area contributed by atoms with E-state index in [1.807, 2.05) is 37.3 Å². The van der Waals surface area contributed by atoms with Crippen LogP contribution in [0.25, 0.3) is 5.65 Å². The smallest absolute Gasteiger partial charge is 0.313 e. The molecule has 0 aliphatic heterocycles. The number of fused-ring (bicyclic) bond motifs is 1. The Morgan fingerprint density at radius 1 is 1.24 bits per heavy atom. The van der Waals surface area contributed by atoms with Gasteiger partial charge < -0.3 is 4.74 Å². The fourth-order valence-electron chi connectivity index (χ4n) is 2.67. The number of hydrogen-bond acceptors (Lipinski definition) is 4. The van der Waals surface area contributed by atoms with E-state index in [9.17, 15) is 9.59 Å². The molecule has 6 heteroatoms. The number of nitrogens with zero attached hydrogens (tertiary/aromatic N) is 2. The Morgan fingerprint density at radius 2 is 2.00 bits per heavy atom. The zero-order valence-corrected chi connectivity index (χ0v) is 15.3. The van der Waals surface area contributed by atoms with E-state index in [4.69, 9.17) is 4.74 Å². The van der Waals surface area contributed by atoms with Gasteiger partial charge in [-0.05, 0) is 40.0 Å². The Kier molecular flexibility index (Phi) is 5.28. The summed E-state index contributed by atoms with van der Waals surface area (Å²) in [5.41, 5.74) is 1.65. The summed E-state index contributed by atoms with van der Waals surface area (Å²) in [5, 5.41) is 0. The Balaban J connectivity index is 1.77. The van der Waals surface area contributed by atoms with Crippen LogP contribution in [0, 0.1) is 0 Å². The maximum absolute atomic E-state index is 12.4. The molecular weight excluding hydrogens is 384 g/mol. The van der Waals surface area contributed by atoms with Crippen molar-refractivity contribution in [3.05, 3.63) is 80.8 Å². The van der Waals surface area contributed by atoms with Gasteiger partial charge in [-0.1, -0.05) is 37.3 Å². The molecule has 2 heterocycles. The minimum absolute atomic E-state index is 0.0238. The lowest BCUT2D eigenvalue weighted by Crippen LogP contribution is -2.19. The third-order valence-electron chi connectivity index (χ3n) is 3.93. The molecule has 0 bridgehead atoms. The lowest BCUT2D eigenvalue weighted by Gasteiger charge is -2.14. The normalized spacial score (nSPS) is 12.1. The highest BCUT2D eigenvalue weighted by Gasteiger charge is 2.20. The molecule has 3 rings (SSSR count). The molecule has 5 nitrogen and oxygen atoms in total. The Bertz CT molecular complexity index is 954. The lowest BCUT2D eigenvalue weighted by molar-refractivity contribution is -0.147. The van der Waals surface area contributed by atoms with Crippen LogP contribution in [0.15, 0.2) is 64.0 Å². The topological polar surface area (TPSA) is 60.7 Å². The first-order chi connectivity index (χ1) is 12.1. The van der Waals surface area contributed by atoms with Crippen molar-refractivity contribution in [1.29, 1.82) is 0 Å². The average molecular weight is 401 g/mol. The third kappa shape index (κ3) is 3.96. The van der Waals surface area contributed by atoms with E-state index in [0.29, 0.717) is 17.8 Å². The number of halogens is 1. The second kappa shape index (κ2) is 7.61. The van der Waals surface area contributed by atoms with Gasteiger partial charge in [-0.3, -0.25) is 14.0 Å². The number of pyridine rings is 1. The summed E-state index contributed by atoms with van der Waals surface area (Å²) in [7, 11) is 0. The predicted molar refractivity (Wildman–Crippen MR) is 98.4 cm³/mol. The van der Waals surface area contributed by atoms with E-state index in [0.717, 1.165) is 10.0 Å². The van der Waals surface area contributed by atoms with Crippen molar-refractivity contribution in [3.63, 3.8) is 0 Å². The largest absolute Gasteiger partial charge is 0.459 e.